The number of hydrogen-bond donors (Lipinski definition) is 3. The lowest BCUT2D eigenvalue weighted by Crippen LogP contribution is -2.32. The van der Waals surface area contributed by atoms with Gasteiger partial charge in [-0.3, -0.25) is 0 Å². The van der Waals surface area contributed by atoms with Crippen molar-refractivity contribution in [3.63, 3.8) is 0 Å². The summed E-state index contributed by atoms with van der Waals surface area (Å²) in [5.74, 6) is 1.10. The molecule has 0 bridgehead atoms. The van der Waals surface area contributed by atoms with Crippen LogP contribution in [0.2, 0.25) is 0 Å². The molecule has 0 radical (unpaired) electrons. The largest absolute Gasteiger partial charge is 0.507 e. The average molecular weight is 529 g/mol. The molecule has 0 spiro atoms. The summed E-state index contributed by atoms with van der Waals surface area (Å²) in [6.07, 6.45) is 3.21. The van der Waals surface area contributed by atoms with E-state index in [9.17, 15) is 15.3 Å². The lowest BCUT2D eigenvalue weighted by Gasteiger charge is -2.40. The summed E-state index contributed by atoms with van der Waals surface area (Å²) < 4.78 is 0. The summed E-state index contributed by atoms with van der Waals surface area (Å²) in [7, 11) is 0. The van der Waals surface area contributed by atoms with Crippen molar-refractivity contribution in [2.45, 2.75) is 107 Å². The minimum Gasteiger partial charge on any atom is -0.507 e. The van der Waals surface area contributed by atoms with Gasteiger partial charge in [-0.2, -0.15) is 0 Å². The van der Waals surface area contributed by atoms with Crippen molar-refractivity contribution in [1.29, 1.82) is 0 Å². The minimum atomic E-state index is -0.376. The van der Waals surface area contributed by atoms with Crippen LogP contribution < -0.4 is 0 Å². The molecular weight excluding hydrogens is 480 g/mol. The van der Waals surface area contributed by atoms with Crippen LogP contribution >= 0.6 is 0 Å². The molecule has 0 aliphatic rings. The highest BCUT2D eigenvalue weighted by molar-refractivity contribution is 5.72. The summed E-state index contributed by atoms with van der Waals surface area (Å²) in [5, 5.41) is 31.9. The predicted octanol–water partition coefficient (Wildman–Crippen LogP) is 9.31. The van der Waals surface area contributed by atoms with Crippen LogP contribution in [0.5, 0.6) is 17.2 Å². The van der Waals surface area contributed by atoms with Gasteiger partial charge in [-0.05, 0) is 159 Å². The zero-order valence-electron chi connectivity index (χ0n) is 26.4. The minimum absolute atomic E-state index is 0.221. The Hall–Kier alpha value is -3.20. The highest BCUT2D eigenvalue weighted by Gasteiger charge is 2.37. The molecule has 3 N–H and O–H groups in total. The van der Waals surface area contributed by atoms with Gasteiger partial charge in [0.2, 0.25) is 0 Å². The Morgan fingerprint density at radius 2 is 0.974 bits per heavy atom. The van der Waals surface area contributed by atoms with Gasteiger partial charge in [0, 0.05) is 5.41 Å². The normalized spacial score (nSPS) is 14.0. The van der Waals surface area contributed by atoms with E-state index in [-0.39, 0.29) is 10.8 Å². The molecule has 0 heterocycles. The molecule has 0 fully saturated rings. The number of aromatic hydroxyl groups is 3. The molecule has 39 heavy (non-hydrogen) atoms. The third-order valence-electron chi connectivity index (χ3n) is 9.28. The Morgan fingerprint density at radius 3 is 1.46 bits per heavy atom. The first-order chi connectivity index (χ1) is 17.8. The molecule has 3 aromatic carbocycles. The molecule has 210 valence electrons. The molecule has 1 unspecified atom stereocenters. The summed E-state index contributed by atoms with van der Waals surface area (Å²) in [6.45, 7) is 27.2. The van der Waals surface area contributed by atoms with Crippen molar-refractivity contribution in [2.75, 3.05) is 0 Å². The molecule has 0 saturated heterocycles. The van der Waals surface area contributed by atoms with E-state index in [0.29, 0.717) is 17.2 Å². The molecule has 1 atom stereocenters. The molecule has 0 aromatic heterocycles. The summed E-state index contributed by atoms with van der Waals surface area (Å²) in [4.78, 5) is 0. The molecule has 0 amide bonds. The van der Waals surface area contributed by atoms with Gasteiger partial charge >= 0.3 is 0 Å². The Labute approximate surface area is 236 Å². The van der Waals surface area contributed by atoms with Crippen molar-refractivity contribution < 1.29 is 15.3 Å². The van der Waals surface area contributed by atoms with E-state index in [2.05, 4.69) is 72.7 Å². The highest BCUT2D eigenvalue weighted by Crippen LogP contribution is 2.47. The lowest BCUT2D eigenvalue weighted by atomic mass is 9.64. The number of rotatable bonds is 6. The quantitative estimate of drug-likeness (QED) is 0.299. The zero-order valence-corrected chi connectivity index (χ0v) is 26.4. The molecule has 3 rings (SSSR count). The zero-order chi connectivity index (χ0) is 29.8. The van der Waals surface area contributed by atoms with Gasteiger partial charge in [0.15, 0.2) is 0 Å². The van der Waals surface area contributed by atoms with Crippen LogP contribution in [-0.4, -0.2) is 15.3 Å². The maximum Gasteiger partial charge on any atom is 0.121 e. The van der Waals surface area contributed by atoms with Crippen molar-refractivity contribution in [3.05, 3.63) is 91.0 Å². The SMILES string of the molecule is CC(=CC(C)(CC(C)(C)c1cc(C)c(O)c(C)c1C)c1cc(C)c(O)c(C)c1C)c1cc(C)c(O)c(C)c1C. The first-order valence-electron chi connectivity index (χ1n) is 13.9. The van der Waals surface area contributed by atoms with Gasteiger partial charge in [0.25, 0.3) is 0 Å². The van der Waals surface area contributed by atoms with Crippen LogP contribution in [0.25, 0.3) is 5.57 Å². The number of benzene rings is 3. The summed E-state index contributed by atoms with van der Waals surface area (Å²) in [6, 6.07) is 6.38. The first-order valence-corrected chi connectivity index (χ1v) is 13.9. The molecule has 0 aliphatic carbocycles. The van der Waals surface area contributed by atoms with Crippen LogP contribution in [-0.2, 0) is 10.8 Å². The van der Waals surface area contributed by atoms with Crippen LogP contribution in [0.1, 0.15) is 101 Å². The number of aryl methyl sites for hydroxylation is 3. The third-order valence-corrected chi connectivity index (χ3v) is 9.28. The van der Waals surface area contributed by atoms with Gasteiger partial charge in [0.05, 0.1) is 0 Å². The fourth-order valence-electron chi connectivity index (χ4n) is 6.70. The van der Waals surface area contributed by atoms with Crippen molar-refractivity contribution in [2.24, 2.45) is 0 Å². The van der Waals surface area contributed by atoms with Crippen molar-refractivity contribution in [1.82, 2.24) is 0 Å². The van der Waals surface area contributed by atoms with E-state index in [0.717, 1.165) is 67.6 Å². The number of phenols is 3. The van der Waals surface area contributed by atoms with Crippen LogP contribution in [0.15, 0.2) is 24.3 Å². The summed E-state index contributed by atoms with van der Waals surface area (Å²) >= 11 is 0. The van der Waals surface area contributed by atoms with E-state index in [1.54, 1.807) is 0 Å². The second-order valence-electron chi connectivity index (χ2n) is 12.8. The van der Waals surface area contributed by atoms with Crippen LogP contribution in [0.4, 0.5) is 0 Å². The Morgan fingerprint density at radius 1 is 0.590 bits per heavy atom. The van der Waals surface area contributed by atoms with Crippen molar-refractivity contribution >= 4 is 5.57 Å². The van der Waals surface area contributed by atoms with Crippen LogP contribution in [0.3, 0.4) is 0 Å². The summed E-state index contributed by atoms with van der Waals surface area (Å²) in [5.41, 5.74) is 12.9. The molecule has 0 saturated carbocycles. The number of hydrogen-bond acceptors (Lipinski definition) is 3. The maximum atomic E-state index is 10.7. The third kappa shape index (κ3) is 5.33. The highest BCUT2D eigenvalue weighted by atomic mass is 16.3. The molecule has 3 aromatic rings. The average Bonchev–Trinajstić information content (AvgIpc) is 2.85. The molecule has 0 aliphatic heterocycles. The number of allylic oxidation sites excluding steroid dienone is 2. The Kier molecular flexibility index (Phi) is 8.10. The molecule has 3 heteroatoms. The van der Waals surface area contributed by atoms with Gasteiger partial charge in [-0.15, -0.1) is 0 Å². The maximum absolute atomic E-state index is 10.7. The second-order valence-corrected chi connectivity index (χ2v) is 12.8. The van der Waals surface area contributed by atoms with E-state index in [1.807, 2.05) is 41.5 Å². The Bertz CT molecular complexity index is 1490. The first kappa shape index (κ1) is 30.3. The topological polar surface area (TPSA) is 60.7 Å². The second kappa shape index (κ2) is 10.4. The van der Waals surface area contributed by atoms with E-state index < -0.39 is 0 Å². The lowest BCUT2D eigenvalue weighted by molar-refractivity contribution is 0.374. The van der Waals surface area contributed by atoms with Gasteiger partial charge in [-0.1, -0.05) is 39.0 Å². The van der Waals surface area contributed by atoms with Gasteiger partial charge < -0.3 is 15.3 Å². The monoisotopic (exact) mass is 528 g/mol. The van der Waals surface area contributed by atoms with E-state index in [1.165, 1.54) is 11.1 Å². The fourth-order valence-corrected chi connectivity index (χ4v) is 6.70. The molecule has 3 nitrogen and oxygen atoms in total. The molecular formula is C36H48O3. The van der Waals surface area contributed by atoms with Crippen LogP contribution in [0, 0.1) is 62.3 Å². The van der Waals surface area contributed by atoms with Gasteiger partial charge in [-0.25, -0.2) is 0 Å². The smallest absolute Gasteiger partial charge is 0.121 e. The fraction of sp³-hybridized carbons (Fsp3) is 0.444. The van der Waals surface area contributed by atoms with E-state index >= 15 is 0 Å². The van der Waals surface area contributed by atoms with Crippen molar-refractivity contribution in [3.8, 4) is 17.2 Å². The van der Waals surface area contributed by atoms with Gasteiger partial charge in [0.1, 0.15) is 17.2 Å². The standard InChI is InChI=1S/C36H48O3/c1-19-14-29(23(5)26(8)32(19)37)22(4)17-36(13,31-16-21(3)34(39)28(10)25(31)7)18-35(11,12)30-15-20(2)33(38)27(9)24(30)6/h14-17,37-39H,18H2,1-13H3. The predicted molar refractivity (Wildman–Crippen MR) is 166 cm³/mol. The van der Waals surface area contributed by atoms with E-state index in [4.69, 9.17) is 0 Å². The number of phenolic OH excluding ortho intramolecular Hbond substituents is 3. The Balaban J connectivity index is 2.33.